The van der Waals surface area contributed by atoms with Crippen LogP contribution in [0.4, 0.5) is 0 Å². The molecule has 1 atom stereocenters. The van der Waals surface area contributed by atoms with Gasteiger partial charge in [0.25, 0.3) is 0 Å². The Kier molecular flexibility index (Phi) is 5.65. The standard InChI is InChI=1S/C22H27NOS/c1-22(2)13-12-18(23-22)15-19(24)14-17-6-4-5-7-21(17)16-8-10-20(25-3)11-9-16/h4-11,18,23H,12-15H2,1-3H3. The lowest BCUT2D eigenvalue weighted by Crippen LogP contribution is -2.38. The Balaban J connectivity index is 1.71. The number of nitrogens with one attached hydrogen (secondary N) is 1. The maximum absolute atomic E-state index is 12.6. The average molecular weight is 354 g/mol. The Labute approximate surface area is 155 Å². The third-order valence-electron chi connectivity index (χ3n) is 4.99. The highest BCUT2D eigenvalue weighted by Gasteiger charge is 2.30. The fourth-order valence-corrected chi connectivity index (χ4v) is 4.08. The summed E-state index contributed by atoms with van der Waals surface area (Å²) in [6.45, 7) is 4.43. The maximum Gasteiger partial charge on any atom is 0.138 e. The van der Waals surface area contributed by atoms with Crippen LogP contribution in [0.1, 0.15) is 38.7 Å². The highest BCUT2D eigenvalue weighted by Crippen LogP contribution is 2.28. The van der Waals surface area contributed by atoms with E-state index in [0.717, 1.165) is 18.4 Å². The topological polar surface area (TPSA) is 29.1 Å². The van der Waals surface area contributed by atoms with E-state index in [1.807, 2.05) is 12.1 Å². The maximum atomic E-state index is 12.6. The van der Waals surface area contributed by atoms with Gasteiger partial charge in [-0.25, -0.2) is 0 Å². The van der Waals surface area contributed by atoms with Gasteiger partial charge in [-0.15, -0.1) is 11.8 Å². The number of rotatable bonds is 6. The lowest BCUT2D eigenvalue weighted by molar-refractivity contribution is -0.118. The van der Waals surface area contributed by atoms with Crippen molar-refractivity contribution in [3.63, 3.8) is 0 Å². The van der Waals surface area contributed by atoms with E-state index in [4.69, 9.17) is 0 Å². The molecule has 1 saturated heterocycles. The first kappa shape index (κ1) is 18.2. The number of carbonyl (C=O) groups is 1. The molecular formula is C22H27NOS. The molecule has 0 bridgehead atoms. The molecule has 0 radical (unpaired) electrons. The van der Waals surface area contributed by atoms with Crippen molar-refractivity contribution in [1.82, 2.24) is 5.32 Å². The number of benzene rings is 2. The van der Waals surface area contributed by atoms with E-state index >= 15 is 0 Å². The van der Waals surface area contributed by atoms with Crippen LogP contribution >= 0.6 is 11.8 Å². The van der Waals surface area contributed by atoms with Gasteiger partial charge in [0.1, 0.15) is 5.78 Å². The second-order valence-electron chi connectivity index (χ2n) is 7.57. The SMILES string of the molecule is CSc1ccc(-c2ccccc2CC(=O)CC2CCC(C)(C)N2)cc1. The molecule has 1 fully saturated rings. The van der Waals surface area contributed by atoms with E-state index in [9.17, 15) is 4.79 Å². The van der Waals surface area contributed by atoms with Gasteiger partial charge in [0.2, 0.25) is 0 Å². The lowest BCUT2D eigenvalue weighted by Gasteiger charge is -2.20. The van der Waals surface area contributed by atoms with E-state index in [0.29, 0.717) is 24.7 Å². The minimum Gasteiger partial charge on any atom is -0.309 e. The first-order valence-corrected chi connectivity index (χ1v) is 10.2. The summed E-state index contributed by atoms with van der Waals surface area (Å²) in [6.07, 6.45) is 5.46. The van der Waals surface area contributed by atoms with Gasteiger partial charge in [0.15, 0.2) is 0 Å². The van der Waals surface area contributed by atoms with E-state index in [2.05, 4.69) is 61.8 Å². The summed E-state index contributed by atoms with van der Waals surface area (Å²) in [5, 5.41) is 3.58. The minimum atomic E-state index is 0.169. The van der Waals surface area contributed by atoms with Crippen molar-refractivity contribution in [2.45, 2.75) is 56.0 Å². The lowest BCUT2D eigenvalue weighted by atomic mass is 9.94. The smallest absolute Gasteiger partial charge is 0.138 e. The Morgan fingerprint density at radius 1 is 1.16 bits per heavy atom. The van der Waals surface area contributed by atoms with Crippen LogP contribution < -0.4 is 5.32 Å². The molecule has 25 heavy (non-hydrogen) atoms. The summed E-state index contributed by atoms with van der Waals surface area (Å²) in [7, 11) is 0. The molecule has 0 spiro atoms. The summed E-state index contributed by atoms with van der Waals surface area (Å²) in [5.74, 6) is 0.323. The van der Waals surface area contributed by atoms with Gasteiger partial charge >= 0.3 is 0 Å². The summed E-state index contributed by atoms with van der Waals surface area (Å²) in [5.41, 5.74) is 3.65. The molecule has 1 aliphatic heterocycles. The normalized spacial score (nSPS) is 19.1. The fraction of sp³-hybridized carbons (Fsp3) is 0.409. The number of thioether (sulfide) groups is 1. The molecule has 132 valence electrons. The Morgan fingerprint density at radius 3 is 2.52 bits per heavy atom. The third kappa shape index (κ3) is 4.74. The van der Waals surface area contributed by atoms with Gasteiger partial charge in [-0.05, 0) is 61.8 Å². The van der Waals surface area contributed by atoms with E-state index in [1.165, 1.54) is 16.0 Å². The quantitative estimate of drug-likeness (QED) is 0.732. The highest BCUT2D eigenvalue weighted by molar-refractivity contribution is 7.98. The first-order chi connectivity index (χ1) is 12.0. The van der Waals surface area contributed by atoms with Crippen LogP contribution in [0.3, 0.4) is 0 Å². The van der Waals surface area contributed by atoms with Gasteiger partial charge in [-0.2, -0.15) is 0 Å². The molecule has 3 heteroatoms. The van der Waals surface area contributed by atoms with Gasteiger partial charge in [0.05, 0.1) is 0 Å². The van der Waals surface area contributed by atoms with Crippen molar-refractivity contribution in [3.05, 3.63) is 54.1 Å². The molecule has 1 unspecified atom stereocenters. The van der Waals surface area contributed by atoms with Crippen LogP contribution in [-0.2, 0) is 11.2 Å². The number of hydrogen-bond acceptors (Lipinski definition) is 3. The van der Waals surface area contributed by atoms with Crippen LogP contribution in [0.25, 0.3) is 11.1 Å². The highest BCUT2D eigenvalue weighted by atomic mass is 32.2. The molecule has 3 rings (SSSR count). The summed E-state index contributed by atoms with van der Waals surface area (Å²) in [6, 6.07) is 17.2. The zero-order valence-corrected chi connectivity index (χ0v) is 16.2. The molecule has 0 saturated carbocycles. The van der Waals surface area contributed by atoms with Gasteiger partial charge in [-0.3, -0.25) is 4.79 Å². The largest absolute Gasteiger partial charge is 0.309 e. The second-order valence-corrected chi connectivity index (χ2v) is 8.45. The van der Waals surface area contributed by atoms with Crippen LogP contribution in [0.5, 0.6) is 0 Å². The van der Waals surface area contributed by atoms with Crippen LogP contribution in [0.2, 0.25) is 0 Å². The van der Waals surface area contributed by atoms with Crippen molar-refractivity contribution in [1.29, 1.82) is 0 Å². The predicted octanol–water partition coefficient (Wildman–Crippen LogP) is 5.11. The first-order valence-electron chi connectivity index (χ1n) is 8.98. The minimum absolute atomic E-state index is 0.169. The number of carbonyl (C=O) groups excluding carboxylic acids is 1. The monoisotopic (exact) mass is 353 g/mol. The molecule has 1 aliphatic rings. The predicted molar refractivity (Wildman–Crippen MR) is 107 cm³/mol. The number of ketones is 1. The van der Waals surface area contributed by atoms with Crippen LogP contribution in [0, 0.1) is 0 Å². The van der Waals surface area contributed by atoms with Gasteiger partial charge in [0, 0.05) is 29.3 Å². The van der Waals surface area contributed by atoms with Gasteiger partial charge < -0.3 is 5.32 Å². The van der Waals surface area contributed by atoms with E-state index in [-0.39, 0.29) is 5.54 Å². The Bertz CT molecular complexity index is 736. The molecule has 0 amide bonds. The zero-order valence-electron chi connectivity index (χ0n) is 15.3. The summed E-state index contributed by atoms with van der Waals surface area (Å²) in [4.78, 5) is 13.9. The van der Waals surface area contributed by atoms with Gasteiger partial charge in [-0.1, -0.05) is 36.4 Å². The second kappa shape index (κ2) is 7.76. The van der Waals surface area contributed by atoms with Crippen LogP contribution in [-0.4, -0.2) is 23.6 Å². The van der Waals surface area contributed by atoms with Crippen molar-refractivity contribution in [2.75, 3.05) is 6.26 Å². The molecule has 0 aromatic heterocycles. The number of Topliss-reactive ketones (excluding diaryl/α,β-unsaturated/α-hetero) is 1. The number of hydrogen-bond donors (Lipinski definition) is 1. The third-order valence-corrected chi connectivity index (χ3v) is 5.74. The molecule has 2 nitrogen and oxygen atoms in total. The van der Waals surface area contributed by atoms with Crippen molar-refractivity contribution in [3.8, 4) is 11.1 Å². The molecule has 1 N–H and O–H groups in total. The fourth-order valence-electron chi connectivity index (χ4n) is 3.67. The molecule has 2 aromatic rings. The average Bonchev–Trinajstić information content (AvgIpc) is 2.94. The molecule has 0 aliphatic carbocycles. The van der Waals surface area contributed by atoms with Crippen molar-refractivity contribution < 1.29 is 4.79 Å². The summed E-state index contributed by atoms with van der Waals surface area (Å²) >= 11 is 1.74. The zero-order chi connectivity index (χ0) is 17.9. The molecular weight excluding hydrogens is 326 g/mol. The Hall–Kier alpha value is -1.58. The van der Waals surface area contributed by atoms with E-state index < -0.39 is 0 Å². The van der Waals surface area contributed by atoms with Crippen molar-refractivity contribution >= 4 is 17.5 Å². The Morgan fingerprint density at radius 2 is 1.88 bits per heavy atom. The summed E-state index contributed by atoms with van der Waals surface area (Å²) < 4.78 is 0. The van der Waals surface area contributed by atoms with Crippen LogP contribution in [0.15, 0.2) is 53.4 Å². The van der Waals surface area contributed by atoms with E-state index in [1.54, 1.807) is 11.8 Å². The molecule has 1 heterocycles. The molecule has 2 aromatic carbocycles. The van der Waals surface area contributed by atoms with Crippen molar-refractivity contribution in [2.24, 2.45) is 0 Å².